The summed E-state index contributed by atoms with van der Waals surface area (Å²) >= 11 is 5.37. The molecule has 0 radical (unpaired) electrons. The highest BCUT2D eigenvalue weighted by molar-refractivity contribution is 7.91. The van der Waals surface area contributed by atoms with Crippen molar-refractivity contribution in [2.24, 2.45) is 0 Å². The van der Waals surface area contributed by atoms with Crippen molar-refractivity contribution in [3.8, 4) is 0 Å². The molecule has 0 bridgehead atoms. The highest BCUT2D eigenvalue weighted by atomic mass is 32.2. The Hall–Kier alpha value is -0.360. The summed E-state index contributed by atoms with van der Waals surface area (Å²) in [5, 5.41) is 3.98. The first-order valence-electron chi connectivity index (χ1n) is 6.36. The van der Waals surface area contributed by atoms with Crippen LogP contribution in [-0.2, 0) is 9.84 Å². The van der Waals surface area contributed by atoms with Gasteiger partial charge in [-0.1, -0.05) is 19.3 Å². The largest absolute Gasteiger partial charge is 0.357 e. The summed E-state index contributed by atoms with van der Waals surface area (Å²) in [4.78, 5) is 2.20. The summed E-state index contributed by atoms with van der Waals surface area (Å²) in [6.45, 7) is 0. The summed E-state index contributed by atoms with van der Waals surface area (Å²) in [5.41, 5.74) is 0. The SMILES string of the molecule is O=S1(=O)C[C@@H]2NC(=S)N(C3CCCCC3)[C@H]2C1. The van der Waals surface area contributed by atoms with Crippen LogP contribution in [0.5, 0.6) is 0 Å². The lowest BCUT2D eigenvalue weighted by Crippen LogP contribution is -2.45. The molecule has 0 aromatic carbocycles. The topological polar surface area (TPSA) is 49.4 Å². The van der Waals surface area contributed by atoms with Crippen LogP contribution >= 0.6 is 12.2 Å². The molecule has 1 aliphatic carbocycles. The number of hydrogen-bond donors (Lipinski definition) is 1. The second kappa shape index (κ2) is 4.09. The van der Waals surface area contributed by atoms with Crippen molar-refractivity contribution in [1.82, 2.24) is 10.2 Å². The van der Waals surface area contributed by atoms with Crippen molar-refractivity contribution in [1.29, 1.82) is 0 Å². The summed E-state index contributed by atoms with van der Waals surface area (Å²) in [6.07, 6.45) is 6.11. The van der Waals surface area contributed by atoms with E-state index in [9.17, 15) is 8.42 Å². The average molecular weight is 274 g/mol. The molecule has 2 aliphatic heterocycles. The van der Waals surface area contributed by atoms with Crippen molar-refractivity contribution in [3.05, 3.63) is 0 Å². The average Bonchev–Trinajstić information content (AvgIpc) is 2.69. The first-order chi connectivity index (χ1) is 8.07. The Morgan fingerprint density at radius 1 is 1.18 bits per heavy atom. The minimum Gasteiger partial charge on any atom is -0.357 e. The predicted molar refractivity (Wildman–Crippen MR) is 70.7 cm³/mol. The molecule has 2 saturated heterocycles. The normalized spacial score (nSPS) is 36.9. The highest BCUT2D eigenvalue weighted by Gasteiger charge is 2.48. The van der Waals surface area contributed by atoms with E-state index < -0.39 is 9.84 Å². The van der Waals surface area contributed by atoms with Crippen molar-refractivity contribution >= 4 is 27.2 Å². The van der Waals surface area contributed by atoms with E-state index in [1.54, 1.807) is 0 Å². The van der Waals surface area contributed by atoms with Gasteiger partial charge in [0.1, 0.15) is 0 Å². The molecule has 0 aromatic rings. The van der Waals surface area contributed by atoms with Gasteiger partial charge in [-0.05, 0) is 25.1 Å². The third kappa shape index (κ3) is 2.05. The molecule has 1 N–H and O–H groups in total. The zero-order chi connectivity index (χ0) is 12.0. The molecular formula is C11H18N2O2S2. The first-order valence-corrected chi connectivity index (χ1v) is 8.59. The first kappa shape index (κ1) is 11.7. The molecule has 17 heavy (non-hydrogen) atoms. The lowest BCUT2D eigenvalue weighted by atomic mass is 9.93. The Labute approximate surface area is 108 Å². The lowest BCUT2D eigenvalue weighted by Gasteiger charge is -2.35. The fraction of sp³-hybridized carbons (Fsp3) is 0.909. The van der Waals surface area contributed by atoms with E-state index in [2.05, 4.69) is 10.2 Å². The van der Waals surface area contributed by atoms with Crippen LogP contribution in [0.25, 0.3) is 0 Å². The van der Waals surface area contributed by atoms with Gasteiger partial charge in [0.15, 0.2) is 14.9 Å². The molecule has 0 amide bonds. The fourth-order valence-corrected chi connectivity index (χ4v) is 5.76. The molecule has 1 saturated carbocycles. The molecule has 6 heteroatoms. The summed E-state index contributed by atoms with van der Waals surface area (Å²) in [6, 6.07) is 0.595. The molecule has 0 spiro atoms. The van der Waals surface area contributed by atoms with Gasteiger partial charge in [0.25, 0.3) is 0 Å². The van der Waals surface area contributed by atoms with Gasteiger partial charge < -0.3 is 10.2 Å². The van der Waals surface area contributed by atoms with Gasteiger partial charge >= 0.3 is 0 Å². The number of sulfone groups is 1. The van der Waals surface area contributed by atoms with Gasteiger partial charge in [0.2, 0.25) is 0 Å². The van der Waals surface area contributed by atoms with Crippen LogP contribution in [-0.4, -0.2) is 48.1 Å². The van der Waals surface area contributed by atoms with Crippen LogP contribution < -0.4 is 5.32 Å². The fourth-order valence-electron chi connectivity index (χ4n) is 3.42. The molecular weight excluding hydrogens is 256 g/mol. The number of hydrogen-bond acceptors (Lipinski definition) is 3. The molecule has 0 aromatic heterocycles. The van der Waals surface area contributed by atoms with E-state index in [0.717, 1.165) is 18.0 Å². The van der Waals surface area contributed by atoms with Gasteiger partial charge in [-0.3, -0.25) is 0 Å². The third-order valence-electron chi connectivity index (χ3n) is 4.19. The van der Waals surface area contributed by atoms with Crippen molar-refractivity contribution in [3.63, 3.8) is 0 Å². The van der Waals surface area contributed by atoms with Crippen LogP contribution in [0.4, 0.5) is 0 Å². The second-order valence-electron chi connectivity index (χ2n) is 5.40. The third-order valence-corrected chi connectivity index (χ3v) is 6.24. The quantitative estimate of drug-likeness (QED) is 0.713. The van der Waals surface area contributed by atoms with Crippen LogP contribution in [0.3, 0.4) is 0 Å². The molecule has 2 heterocycles. The van der Waals surface area contributed by atoms with Gasteiger partial charge in [0, 0.05) is 6.04 Å². The van der Waals surface area contributed by atoms with Gasteiger partial charge in [0.05, 0.1) is 23.6 Å². The van der Waals surface area contributed by atoms with Gasteiger partial charge in [-0.2, -0.15) is 0 Å². The van der Waals surface area contributed by atoms with E-state index in [0.29, 0.717) is 6.04 Å². The predicted octanol–water partition coefficient (Wildman–Crippen LogP) is 0.675. The Kier molecular flexibility index (Phi) is 2.82. The second-order valence-corrected chi connectivity index (χ2v) is 7.94. The zero-order valence-corrected chi connectivity index (χ0v) is 11.4. The Morgan fingerprint density at radius 2 is 1.88 bits per heavy atom. The van der Waals surface area contributed by atoms with E-state index >= 15 is 0 Å². The van der Waals surface area contributed by atoms with Gasteiger partial charge in [-0.15, -0.1) is 0 Å². The maximum Gasteiger partial charge on any atom is 0.169 e. The van der Waals surface area contributed by atoms with Gasteiger partial charge in [-0.25, -0.2) is 8.42 Å². The maximum absolute atomic E-state index is 11.7. The van der Waals surface area contributed by atoms with Crippen LogP contribution in [0.15, 0.2) is 0 Å². The Bertz CT molecular complexity index is 429. The number of thiocarbonyl (C=S) groups is 1. The highest BCUT2D eigenvalue weighted by Crippen LogP contribution is 2.31. The van der Waals surface area contributed by atoms with E-state index in [1.807, 2.05) is 0 Å². The molecule has 3 rings (SSSR count). The monoisotopic (exact) mass is 274 g/mol. The maximum atomic E-state index is 11.7. The van der Waals surface area contributed by atoms with Crippen molar-refractivity contribution in [2.75, 3.05) is 11.5 Å². The van der Waals surface area contributed by atoms with E-state index in [1.165, 1.54) is 19.3 Å². The number of fused-ring (bicyclic) bond motifs is 1. The standard InChI is InChI=1S/C11H18N2O2S2/c14-17(15)6-9-10(7-17)13(11(16)12-9)8-4-2-1-3-5-8/h8-10H,1-7H2,(H,12,16)/t9-,10-/m0/s1. The smallest absolute Gasteiger partial charge is 0.169 e. The minimum atomic E-state index is -2.86. The zero-order valence-electron chi connectivity index (χ0n) is 9.76. The molecule has 0 unspecified atom stereocenters. The molecule has 4 nitrogen and oxygen atoms in total. The lowest BCUT2D eigenvalue weighted by molar-refractivity contribution is 0.216. The number of nitrogens with one attached hydrogen (secondary N) is 1. The van der Waals surface area contributed by atoms with Crippen LogP contribution in [0.2, 0.25) is 0 Å². The Morgan fingerprint density at radius 3 is 2.59 bits per heavy atom. The van der Waals surface area contributed by atoms with Crippen LogP contribution in [0, 0.1) is 0 Å². The van der Waals surface area contributed by atoms with Crippen molar-refractivity contribution < 1.29 is 8.42 Å². The van der Waals surface area contributed by atoms with E-state index in [4.69, 9.17) is 12.2 Å². The molecule has 2 atom stereocenters. The number of rotatable bonds is 1. The summed E-state index contributed by atoms with van der Waals surface area (Å²) in [5.74, 6) is 0.530. The summed E-state index contributed by atoms with van der Waals surface area (Å²) < 4.78 is 23.3. The Balaban J connectivity index is 1.81. The minimum absolute atomic E-state index is 0.0365. The molecule has 3 fully saturated rings. The molecule has 96 valence electrons. The molecule has 3 aliphatic rings. The number of nitrogens with zero attached hydrogens (tertiary/aromatic N) is 1. The van der Waals surface area contributed by atoms with E-state index in [-0.39, 0.29) is 23.6 Å². The van der Waals surface area contributed by atoms with Crippen LogP contribution in [0.1, 0.15) is 32.1 Å². The summed E-state index contributed by atoms with van der Waals surface area (Å²) in [7, 11) is -2.86. The van der Waals surface area contributed by atoms with Crippen molar-refractivity contribution in [2.45, 2.75) is 50.2 Å².